The van der Waals surface area contributed by atoms with Gasteiger partial charge in [-0.05, 0) is 47.6 Å². The fourth-order valence-corrected chi connectivity index (χ4v) is 2.89. The fourth-order valence-electron chi connectivity index (χ4n) is 2.29. The summed E-state index contributed by atoms with van der Waals surface area (Å²) < 4.78 is 0. The molecule has 0 amide bonds. The van der Waals surface area contributed by atoms with E-state index in [1.54, 1.807) is 11.8 Å². The third-order valence-corrected chi connectivity index (χ3v) is 4.06. The van der Waals surface area contributed by atoms with E-state index in [2.05, 4.69) is 73.5 Å². The van der Waals surface area contributed by atoms with Crippen molar-refractivity contribution in [2.45, 2.75) is 11.8 Å². The largest absolute Gasteiger partial charge is 0.129 e. The molecule has 0 spiro atoms. The zero-order valence-electron chi connectivity index (χ0n) is 12.5. The lowest BCUT2D eigenvalue weighted by Gasteiger charge is -2.11. The smallest absolute Gasteiger partial charge is 0.0148 e. The highest BCUT2D eigenvalue weighted by Crippen LogP contribution is 2.33. The molecule has 106 valence electrons. The lowest BCUT2D eigenvalue weighted by Crippen LogP contribution is -1.87. The Hall–Kier alpha value is -1.99. The molecule has 0 aliphatic heterocycles. The van der Waals surface area contributed by atoms with Crippen LogP contribution in [0, 0.1) is 0 Å². The average Bonchev–Trinajstić information content (AvgIpc) is 2.55. The highest BCUT2D eigenvalue weighted by molar-refractivity contribution is 7.98. The molecule has 0 aliphatic carbocycles. The second-order valence-electron chi connectivity index (χ2n) is 4.64. The predicted molar refractivity (Wildman–Crippen MR) is 96.6 cm³/mol. The van der Waals surface area contributed by atoms with Crippen LogP contribution < -0.4 is 0 Å². The minimum atomic E-state index is 1.18. The molecule has 0 nitrogen and oxygen atoms in total. The lowest BCUT2D eigenvalue weighted by molar-refractivity contribution is 1.43. The molecule has 0 saturated carbocycles. The van der Waals surface area contributed by atoms with E-state index in [0.717, 1.165) is 0 Å². The van der Waals surface area contributed by atoms with Crippen LogP contribution in [0.15, 0.2) is 84.3 Å². The van der Waals surface area contributed by atoms with Gasteiger partial charge < -0.3 is 0 Å². The van der Waals surface area contributed by atoms with E-state index in [0.29, 0.717) is 0 Å². The van der Waals surface area contributed by atoms with Gasteiger partial charge in [0.25, 0.3) is 0 Å². The maximum atomic E-state index is 3.81. The summed E-state index contributed by atoms with van der Waals surface area (Å²) >= 11 is 1.78. The molecule has 0 atom stereocenters. The summed E-state index contributed by atoms with van der Waals surface area (Å²) in [6, 6.07) is 17.2. The van der Waals surface area contributed by atoms with Gasteiger partial charge in [0.1, 0.15) is 0 Å². The van der Waals surface area contributed by atoms with E-state index >= 15 is 0 Å². The van der Waals surface area contributed by atoms with Crippen LogP contribution in [0.2, 0.25) is 0 Å². The Morgan fingerprint density at radius 2 is 1.86 bits per heavy atom. The molecule has 0 radical (unpaired) electrons. The highest BCUT2D eigenvalue weighted by Gasteiger charge is 2.07. The van der Waals surface area contributed by atoms with Gasteiger partial charge in [-0.15, -0.1) is 11.8 Å². The molecule has 0 saturated heterocycles. The Labute approximate surface area is 131 Å². The summed E-state index contributed by atoms with van der Waals surface area (Å²) in [6.07, 6.45) is 10.2. The molecular weight excluding hydrogens is 272 g/mol. The van der Waals surface area contributed by atoms with Crippen molar-refractivity contribution in [1.29, 1.82) is 0 Å². The van der Waals surface area contributed by atoms with Gasteiger partial charge in [-0.25, -0.2) is 0 Å². The monoisotopic (exact) mass is 292 g/mol. The van der Waals surface area contributed by atoms with Crippen molar-refractivity contribution < 1.29 is 0 Å². The summed E-state index contributed by atoms with van der Waals surface area (Å²) in [7, 11) is 0. The summed E-state index contributed by atoms with van der Waals surface area (Å²) in [5.74, 6) is 0. The molecule has 0 fully saturated rings. The van der Waals surface area contributed by atoms with Gasteiger partial charge in [-0.1, -0.05) is 67.3 Å². The van der Waals surface area contributed by atoms with Crippen molar-refractivity contribution in [3.8, 4) is 11.1 Å². The average molecular weight is 292 g/mol. The van der Waals surface area contributed by atoms with Crippen molar-refractivity contribution in [3.05, 3.63) is 85.0 Å². The number of thioether (sulfide) groups is 1. The second-order valence-corrected chi connectivity index (χ2v) is 5.49. The molecule has 0 heterocycles. The molecule has 0 bridgehead atoms. The maximum Gasteiger partial charge on any atom is 0.0148 e. The molecule has 2 rings (SSSR count). The van der Waals surface area contributed by atoms with Gasteiger partial charge in [-0.2, -0.15) is 0 Å². The quantitative estimate of drug-likeness (QED) is 0.465. The lowest BCUT2D eigenvalue weighted by atomic mass is 9.98. The van der Waals surface area contributed by atoms with E-state index in [4.69, 9.17) is 0 Å². The van der Waals surface area contributed by atoms with Gasteiger partial charge in [0.2, 0.25) is 0 Å². The van der Waals surface area contributed by atoms with E-state index < -0.39 is 0 Å². The minimum Gasteiger partial charge on any atom is -0.129 e. The number of benzene rings is 2. The third kappa shape index (κ3) is 3.77. The normalized spacial score (nSPS) is 11.8. The van der Waals surface area contributed by atoms with Crippen LogP contribution in [0.1, 0.15) is 12.5 Å². The number of rotatable bonds is 5. The van der Waals surface area contributed by atoms with Gasteiger partial charge in [0.05, 0.1) is 0 Å². The topological polar surface area (TPSA) is 0 Å². The first kappa shape index (κ1) is 15.4. The van der Waals surface area contributed by atoms with Crippen LogP contribution in [0.4, 0.5) is 0 Å². The van der Waals surface area contributed by atoms with E-state index in [-0.39, 0.29) is 0 Å². The first-order valence-electron chi connectivity index (χ1n) is 6.99. The van der Waals surface area contributed by atoms with E-state index in [1.807, 2.05) is 19.1 Å². The zero-order chi connectivity index (χ0) is 15.1. The van der Waals surface area contributed by atoms with Crippen LogP contribution in [-0.4, -0.2) is 6.26 Å². The third-order valence-electron chi connectivity index (χ3n) is 3.26. The Morgan fingerprint density at radius 1 is 1.10 bits per heavy atom. The fraction of sp³-hybridized carbons (Fsp3) is 0.100. The molecule has 1 heteroatoms. The molecule has 0 aliphatic rings. The minimum absolute atomic E-state index is 1.18. The molecule has 0 N–H and O–H groups in total. The van der Waals surface area contributed by atoms with Crippen LogP contribution in [0.5, 0.6) is 0 Å². The van der Waals surface area contributed by atoms with E-state index in [1.165, 1.54) is 27.2 Å². The number of hydrogen-bond acceptors (Lipinski definition) is 1. The number of hydrogen-bond donors (Lipinski definition) is 0. The van der Waals surface area contributed by atoms with Crippen molar-refractivity contribution in [2.24, 2.45) is 0 Å². The first-order chi connectivity index (χ1) is 10.3. The SMILES string of the molecule is C=C/C=C(\C=C/C)c1ccc(SC)c(-c2ccccc2)c1. The Bertz CT molecular complexity index is 663. The summed E-state index contributed by atoms with van der Waals surface area (Å²) in [4.78, 5) is 1.29. The van der Waals surface area contributed by atoms with Gasteiger partial charge in [0.15, 0.2) is 0 Å². The predicted octanol–water partition coefficient (Wildman–Crippen LogP) is 6.22. The molecular formula is C20H20S. The molecule has 0 aromatic heterocycles. The van der Waals surface area contributed by atoms with Gasteiger partial charge in [-0.3, -0.25) is 0 Å². The van der Waals surface area contributed by atoms with Crippen LogP contribution >= 0.6 is 11.8 Å². The maximum absolute atomic E-state index is 3.81. The van der Waals surface area contributed by atoms with Crippen LogP contribution in [-0.2, 0) is 0 Å². The Balaban J connectivity index is 2.57. The number of allylic oxidation sites excluding steroid dienone is 5. The van der Waals surface area contributed by atoms with Gasteiger partial charge >= 0.3 is 0 Å². The summed E-state index contributed by atoms with van der Waals surface area (Å²) in [5, 5.41) is 0. The summed E-state index contributed by atoms with van der Waals surface area (Å²) in [5.41, 5.74) is 4.92. The van der Waals surface area contributed by atoms with Crippen LogP contribution in [0.3, 0.4) is 0 Å². The Kier molecular flexibility index (Phi) is 5.65. The van der Waals surface area contributed by atoms with Crippen LogP contribution in [0.25, 0.3) is 16.7 Å². The molecule has 2 aromatic carbocycles. The van der Waals surface area contributed by atoms with Crippen molar-refractivity contribution in [2.75, 3.05) is 6.26 Å². The molecule has 2 aromatic rings. The van der Waals surface area contributed by atoms with Crippen molar-refractivity contribution >= 4 is 17.3 Å². The summed E-state index contributed by atoms with van der Waals surface area (Å²) in [6.45, 7) is 5.84. The van der Waals surface area contributed by atoms with Crippen molar-refractivity contribution in [1.82, 2.24) is 0 Å². The first-order valence-corrected chi connectivity index (χ1v) is 8.22. The second kappa shape index (κ2) is 7.70. The molecule has 0 unspecified atom stereocenters. The van der Waals surface area contributed by atoms with Gasteiger partial charge in [0, 0.05) is 4.90 Å². The van der Waals surface area contributed by atoms with E-state index in [9.17, 15) is 0 Å². The molecule has 21 heavy (non-hydrogen) atoms. The zero-order valence-corrected chi connectivity index (χ0v) is 13.4. The Morgan fingerprint density at radius 3 is 2.48 bits per heavy atom. The highest BCUT2D eigenvalue weighted by atomic mass is 32.2. The standard InChI is InChI=1S/C20H20S/c1-4-9-16(10-5-2)18-13-14-20(21-3)19(15-18)17-11-7-6-8-12-17/h4-15H,1H2,2-3H3/b10-5-,16-9+. The van der Waals surface area contributed by atoms with Crippen molar-refractivity contribution in [3.63, 3.8) is 0 Å².